The van der Waals surface area contributed by atoms with Crippen molar-refractivity contribution in [1.29, 1.82) is 0 Å². The molecule has 1 rings (SSSR count). The molecular weight excluding hydrogens is 193 g/mol. The fraction of sp³-hybridized carbons (Fsp3) is 0.250. The summed E-state index contributed by atoms with van der Waals surface area (Å²) < 4.78 is 35.2. The van der Waals surface area contributed by atoms with Crippen molar-refractivity contribution in [3.8, 4) is 0 Å². The third-order valence-corrected chi connectivity index (χ3v) is 3.12. The first-order valence-corrected chi connectivity index (χ1v) is 5.31. The number of hydrogen-bond acceptors (Lipinski definition) is 3. The predicted molar refractivity (Wildman–Crippen MR) is 47.4 cm³/mol. The van der Waals surface area contributed by atoms with Gasteiger partial charge in [-0.25, -0.2) is 12.8 Å². The summed E-state index contributed by atoms with van der Waals surface area (Å²) in [7, 11) is -3.43. The van der Waals surface area contributed by atoms with Crippen molar-refractivity contribution in [2.75, 3.05) is 5.88 Å². The predicted octanol–water partition coefficient (Wildman–Crippen LogP) is 0.824. The molecule has 13 heavy (non-hydrogen) atoms. The molecule has 0 unspecified atom stereocenters. The van der Waals surface area contributed by atoms with E-state index in [9.17, 15) is 12.8 Å². The topological polar surface area (TPSA) is 60.2 Å². The van der Waals surface area contributed by atoms with Gasteiger partial charge in [-0.15, -0.1) is 0 Å². The second kappa shape index (κ2) is 3.43. The summed E-state index contributed by atoms with van der Waals surface area (Å²) in [4.78, 5) is 0.0638. The molecule has 0 saturated carbocycles. The van der Waals surface area contributed by atoms with Crippen molar-refractivity contribution < 1.29 is 12.8 Å². The molecule has 0 amide bonds. The molecule has 0 spiro atoms. The minimum atomic E-state index is -3.43. The van der Waals surface area contributed by atoms with Gasteiger partial charge in [0.25, 0.3) is 0 Å². The Morgan fingerprint density at radius 1 is 1.46 bits per heavy atom. The van der Waals surface area contributed by atoms with E-state index in [0.29, 0.717) is 5.56 Å². The molecule has 0 aliphatic carbocycles. The highest BCUT2D eigenvalue weighted by molar-refractivity contribution is 7.91. The van der Waals surface area contributed by atoms with Gasteiger partial charge >= 0.3 is 0 Å². The summed E-state index contributed by atoms with van der Waals surface area (Å²) in [5.41, 5.74) is 5.35. The molecule has 0 fully saturated rings. The maximum Gasteiger partial charge on any atom is 0.191 e. The molecule has 0 radical (unpaired) electrons. The SMILES string of the molecule is Cc1cc(S(=O)(=O)CN)ccc1F. The van der Waals surface area contributed by atoms with Crippen molar-refractivity contribution in [2.45, 2.75) is 11.8 Å². The fourth-order valence-corrected chi connectivity index (χ4v) is 1.73. The normalized spacial score (nSPS) is 11.6. The highest BCUT2D eigenvalue weighted by Crippen LogP contribution is 2.14. The van der Waals surface area contributed by atoms with Gasteiger partial charge in [-0.2, -0.15) is 0 Å². The number of benzene rings is 1. The lowest BCUT2D eigenvalue weighted by molar-refractivity contribution is 0.594. The summed E-state index contributed by atoms with van der Waals surface area (Å²) in [5, 5.41) is 0. The standard InChI is InChI=1S/C8H10FNO2S/c1-6-4-7(2-3-8(6)9)13(11,12)5-10/h2-4H,5,10H2,1H3. The highest BCUT2D eigenvalue weighted by Gasteiger charge is 2.12. The minimum Gasteiger partial charge on any atom is -0.317 e. The zero-order valence-electron chi connectivity index (χ0n) is 7.12. The number of halogens is 1. The van der Waals surface area contributed by atoms with E-state index in [1.807, 2.05) is 0 Å². The van der Waals surface area contributed by atoms with E-state index in [4.69, 9.17) is 5.73 Å². The molecule has 1 aromatic rings. The fourth-order valence-electron chi connectivity index (χ4n) is 0.907. The Morgan fingerprint density at radius 3 is 2.54 bits per heavy atom. The van der Waals surface area contributed by atoms with Crippen molar-refractivity contribution in [2.24, 2.45) is 5.73 Å². The lowest BCUT2D eigenvalue weighted by atomic mass is 10.2. The average molecular weight is 203 g/mol. The van der Waals surface area contributed by atoms with Crippen LogP contribution >= 0.6 is 0 Å². The number of hydrogen-bond donors (Lipinski definition) is 1. The molecule has 2 N–H and O–H groups in total. The Balaban J connectivity index is 3.27. The largest absolute Gasteiger partial charge is 0.317 e. The Hall–Kier alpha value is -0.940. The van der Waals surface area contributed by atoms with Crippen LogP contribution in [0.5, 0.6) is 0 Å². The van der Waals surface area contributed by atoms with E-state index in [2.05, 4.69) is 0 Å². The zero-order chi connectivity index (χ0) is 10.1. The first kappa shape index (κ1) is 10.1. The summed E-state index contributed by atoms with van der Waals surface area (Å²) in [6, 6.07) is 3.61. The number of aryl methyl sites for hydroxylation is 1. The second-order valence-electron chi connectivity index (χ2n) is 2.69. The first-order valence-electron chi connectivity index (χ1n) is 3.66. The summed E-state index contributed by atoms with van der Waals surface area (Å²) in [5.74, 6) is -0.881. The van der Waals surface area contributed by atoms with Gasteiger partial charge in [0, 0.05) is 0 Å². The van der Waals surface area contributed by atoms with Crippen LogP contribution in [-0.2, 0) is 9.84 Å². The molecule has 1 aromatic carbocycles. The van der Waals surface area contributed by atoms with Gasteiger partial charge in [0.15, 0.2) is 9.84 Å². The van der Waals surface area contributed by atoms with Gasteiger partial charge < -0.3 is 5.73 Å². The minimum absolute atomic E-state index is 0.0638. The van der Waals surface area contributed by atoms with E-state index in [-0.39, 0.29) is 4.90 Å². The van der Waals surface area contributed by atoms with E-state index in [0.717, 1.165) is 6.07 Å². The van der Waals surface area contributed by atoms with Crippen LogP contribution in [-0.4, -0.2) is 14.3 Å². The lowest BCUT2D eigenvalue weighted by Crippen LogP contribution is -2.14. The Morgan fingerprint density at radius 2 is 2.08 bits per heavy atom. The van der Waals surface area contributed by atoms with Crippen LogP contribution in [0.3, 0.4) is 0 Å². The van der Waals surface area contributed by atoms with E-state index in [1.54, 1.807) is 0 Å². The molecular formula is C8H10FNO2S. The lowest BCUT2D eigenvalue weighted by Gasteiger charge is -2.02. The van der Waals surface area contributed by atoms with Gasteiger partial charge in [0.2, 0.25) is 0 Å². The van der Waals surface area contributed by atoms with Crippen LogP contribution in [0.2, 0.25) is 0 Å². The smallest absolute Gasteiger partial charge is 0.191 e. The molecule has 3 nitrogen and oxygen atoms in total. The first-order chi connectivity index (χ1) is 5.97. The monoisotopic (exact) mass is 203 g/mol. The van der Waals surface area contributed by atoms with Crippen LogP contribution < -0.4 is 5.73 Å². The molecule has 0 heterocycles. The Kier molecular flexibility index (Phi) is 2.68. The van der Waals surface area contributed by atoms with E-state index >= 15 is 0 Å². The maximum absolute atomic E-state index is 12.8. The van der Waals surface area contributed by atoms with Crippen LogP contribution in [0.15, 0.2) is 23.1 Å². The molecule has 0 aliphatic heterocycles. The Labute approximate surface area is 76.3 Å². The Bertz CT molecular complexity index is 414. The van der Waals surface area contributed by atoms with Crippen LogP contribution in [0.1, 0.15) is 5.56 Å². The molecule has 0 atom stereocenters. The second-order valence-corrected chi connectivity index (χ2v) is 4.73. The van der Waals surface area contributed by atoms with Crippen LogP contribution in [0.25, 0.3) is 0 Å². The average Bonchev–Trinajstić information content (AvgIpc) is 2.09. The van der Waals surface area contributed by atoms with E-state index < -0.39 is 21.5 Å². The van der Waals surface area contributed by atoms with Gasteiger partial charge in [-0.3, -0.25) is 0 Å². The summed E-state index contributed by atoms with van der Waals surface area (Å²) in [6.45, 7) is 1.50. The van der Waals surface area contributed by atoms with Crippen LogP contribution in [0.4, 0.5) is 4.39 Å². The van der Waals surface area contributed by atoms with Gasteiger partial charge in [0.05, 0.1) is 4.90 Å². The van der Waals surface area contributed by atoms with Gasteiger partial charge in [-0.1, -0.05) is 0 Å². The molecule has 72 valence electrons. The van der Waals surface area contributed by atoms with Crippen LogP contribution in [0, 0.1) is 12.7 Å². The number of nitrogens with two attached hydrogens (primary N) is 1. The highest BCUT2D eigenvalue weighted by atomic mass is 32.2. The zero-order valence-corrected chi connectivity index (χ0v) is 7.94. The maximum atomic E-state index is 12.8. The van der Waals surface area contributed by atoms with Gasteiger partial charge in [0.1, 0.15) is 11.7 Å². The third-order valence-electron chi connectivity index (χ3n) is 1.71. The molecule has 0 saturated heterocycles. The molecule has 0 bridgehead atoms. The summed E-state index contributed by atoms with van der Waals surface area (Å²) in [6.07, 6.45) is 0. The van der Waals surface area contributed by atoms with Gasteiger partial charge in [-0.05, 0) is 30.7 Å². The number of sulfone groups is 1. The van der Waals surface area contributed by atoms with Crippen molar-refractivity contribution in [3.63, 3.8) is 0 Å². The molecule has 0 aromatic heterocycles. The summed E-state index contributed by atoms with van der Waals surface area (Å²) >= 11 is 0. The quantitative estimate of drug-likeness (QED) is 0.724. The van der Waals surface area contributed by atoms with Crippen molar-refractivity contribution in [1.82, 2.24) is 0 Å². The molecule has 0 aliphatic rings. The van der Waals surface area contributed by atoms with E-state index in [1.165, 1.54) is 19.1 Å². The van der Waals surface area contributed by atoms with Crippen molar-refractivity contribution in [3.05, 3.63) is 29.6 Å². The third kappa shape index (κ3) is 2.05. The van der Waals surface area contributed by atoms with Crippen molar-refractivity contribution >= 4 is 9.84 Å². The number of rotatable bonds is 2. The molecule has 5 heteroatoms.